The molecule has 18 heavy (non-hydrogen) atoms. The second-order valence-corrected chi connectivity index (χ2v) is 4.35. The van der Waals surface area contributed by atoms with Crippen molar-refractivity contribution < 1.29 is 4.79 Å². The van der Waals surface area contributed by atoms with E-state index in [9.17, 15) is 4.79 Å². The highest BCUT2D eigenvalue weighted by atomic mass is 16.1. The first-order valence-corrected chi connectivity index (χ1v) is 6.19. The van der Waals surface area contributed by atoms with Crippen LogP contribution in [0.1, 0.15) is 19.8 Å². The van der Waals surface area contributed by atoms with E-state index in [2.05, 4.69) is 15.5 Å². The van der Waals surface area contributed by atoms with Crippen LogP contribution in [0.4, 0.5) is 5.69 Å². The van der Waals surface area contributed by atoms with Gasteiger partial charge in [0.2, 0.25) is 5.91 Å². The molecule has 0 bridgehead atoms. The predicted molar refractivity (Wildman–Crippen MR) is 72.2 cm³/mol. The zero-order valence-electron chi connectivity index (χ0n) is 10.4. The number of carbonyl (C=O) groups is 1. The molecule has 2 rings (SSSR count). The number of H-pyrrole nitrogens is 1. The number of aromatic nitrogens is 2. The van der Waals surface area contributed by atoms with E-state index in [4.69, 9.17) is 5.73 Å². The number of rotatable bonds is 5. The number of carbonyl (C=O) groups excluding carboxylic acids is 1. The number of fused-ring (bicyclic) bond motifs is 1. The van der Waals surface area contributed by atoms with Gasteiger partial charge in [-0.15, -0.1) is 0 Å². The second-order valence-electron chi connectivity index (χ2n) is 4.35. The lowest BCUT2D eigenvalue weighted by atomic mass is 10.0. The normalized spacial score (nSPS) is 12.6. The lowest BCUT2D eigenvalue weighted by Crippen LogP contribution is -2.29. The van der Waals surface area contributed by atoms with Gasteiger partial charge in [0.25, 0.3) is 0 Å². The topological polar surface area (TPSA) is 83.8 Å². The SMILES string of the molecule is CCCC(CN)C(=O)Nc1cccc2cn[nH]c12. The van der Waals surface area contributed by atoms with Crippen molar-refractivity contribution in [1.29, 1.82) is 0 Å². The zero-order valence-corrected chi connectivity index (χ0v) is 10.4. The molecule has 2 aromatic rings. The zero-order chi connectivity index (χ0) is 13.0. The molecule has 1 heterocycles. The van der Waals surface area contributed by atoms with Gasteiger partial charge in [-0.05, 0) is 12.5 Å². The van der Waals surface area contributed by atoms with Gasteiger partial charge >= 0.3 is 0 Å². The molecule has 5 heteroatoms. The number of aromatic amines is 1. The van der Waals surface area contributed by atoms with Gasteiger partial charge in [0.15, 0.2) is 0 Å². The molecule has 0 saturated heterocycles. The molecule has 0 aliphatic carbocycles. The van der Waals surface area contributed by atoms with Crippen LogP contribution >= 0.6 is 0 Å². The third-order valence-corrected chi connectivity index (χ3v) is 3.03. The summed E-state index contributed by atoms with van der Waals surface area (Å²) < 4.78 is 0. The first-order valence-electron chi connectivity index (χ1n) is 6.19. The van der Waals surface area contributed by atoms with E-state index in [-0.39, 0.29) is 11.8 Å². The van der Waals surface area contributed by atoms with Gasteiger partial charge in [-0.1, -0.05) is 25.5 Å². The molecule has 5 nitrogen and oxygen atoms in total. The van der Waals surface area contributed by atoms with Crippen molar-refractivity contribution in [2.45, 2.75) is 19.8 Å². The molecule has 0 saturated carbocycles. The van der Waals surface area contributed by atoms with E-state index in [0.29, 0.717) is 6.54 Å². The Morgan fingerprint density at radius 1 is 1.56 bits per heavy atom. The predicted octanol–water partition coefficient (Wildman–Crippen LogP) is 1.88. The van der Waals surface area contributed by atoms with E-state index in [1.54, 1.807) is 6.20 Å². The quantitative estimate of drug-likeness (QED) is 0.753. The Morgan fingerprint density at radius 3 is 3.11 bits per heavy atom. The summed E-state index contributed by atoms with van der Waals surface area (Å²) in [6.45, 7) is 2.42. The van der Waals surface area contributed by atoms with E-state index in [1.165, 1.54) is 0 Å². The Balaban J connectivity index is 2.18. The molecule has 1 atom stereocenters. The Hall–Kier alpha value is -1.88. The van der Waals surface area contributed by atoms with Crippen LogP contribution in [-0.4, -0.2) is 22.6 Å². The third kappa shape index (κ3) is 2.51. The fourth-order valence-electron chi connectivity index (χ4n) is 2.01. The number of nitrogens with two attached hydrogens (primary N) is 1. The van der Waals surface area contributed by atoms with Crippen molar-refractivity contribution in [3.05, 3.63) is 24.4 Å². The van der Waals surface area contributed by atoms with Crippen LogP contribution in [0, 0.1) is 5.92 Å². The Morgan fingerprint density at radius 2 is 2.39 bits per heavy atom. The van der Waals surface area contributed by atoms with Crippen molar-refractivity contribution in [1.82, 2.24) is 10.2 Å². The number of benzene rings is 1. The second kappa shape index (κ2) is 5.64. The van der Waals surface area contributed by atoms with E-state index >= 15 is 0 Å². The monoisotopic (exact) mass is 246 g/mol. The van der Waals surface area contributed by atoms with Gasteiger partial charge < -0.3 is 11.1 Å². The molecule has 4 N–H and O–H groups in total. The maximum Gasteiger partial charge on any atom is 0.228 e. The minimum absolute atomic E-state index is 0.0264. The summed E-state index contributed by atoms with van der Waals surface area (Å²) in [6.07, 6.45) is 3.49. The number of para-hydroxylation sites is 1. The molecule has 96 valence electrons. The van der Waals surface area contributed by atoms with E-state index < -0.39 is 0 Å². The summed E-state index contributed by atoms with van der Waals surface area (Å²) in [5, 5.41) is 10.8. The summed E-state index contributed by atoms with van der Waals surface area (Å²) >= 11 is 0. The Bertz CT molecular complexity index is 535. The molecule has 0 aliphatic rings. The smallest absolute Gasteiger partial charge is 0.228 e. The maximum atomic E-state index is 12.1. The standard InChI is InChI=1S/C13H18N4O/c1-2-4-9(7-14)13(18)16-11-6-3-5-10-8-15-17-12(10)11/h3,5-6,8-9H,2,4,7,14H2,1H3,(H,15,17)(H,16,18). The number of amides is 1. The lowest BCUT2D eigenvalue weighted by molar-refractivity contribution is -0.119. The van der Waals surface area contributed by atoms with Crippen molar-refractivity contribution in [2.24, 2.45) is 11.7 Å². The summed E-state index contributed by atoms with van der Waals surface area (Å²) in [4.78, 5) is 12.1. The molecule has 1 amide bonds. The van der Waals surface area contributed by atoms with E-state index in [0.717, 1.165) is 29.4 Å². The van der Waals surface area contributed by atoms with Crippen LogP contribution in [-0.2, 0) is 4.79 Å². The number of anilines is 1. The summed E-state index contributed by atoms with van der Waals surface area (Å²) in [5.74, 6) is -0.158. The summed E-state index contributed by atoms with van der Waals surface area (Å²) in [7, 11) is 0. The van der Waals surface area contributed by atoms with Gasteiger partial charge in [0.1, 0.15) is 0 Å². The molecule has 0 radical (unpaired) electrons. The largest absolute Gasteiger partial charge is 0.330 e. The molecule has 1 unspecified atom stereocenters. The van der Waals surface area contributed by atoms with Crippen LogP contribution in [0.3, 0.4) is 0 Å². The highest BCUT2D eigenvalue weighted by Gasteiger charge is 2.16. The van der Waals surface area contributed by atoms with Crippen molar-refractivity contribution in [3.8, 4) is 0 Å². The van der Waals surface area contributed by atoms with Gasteiger partial charge in [0, 0.05) is 11.9 Å². The summed E-state index contributed by atoms with van der Waals surface area (Å²) in [5.41, 5.74) is 7.22. The average Bonchev–Trinajstić information content (AvgIpc) is 2.85. The first-order chi connectivity index (χ1) is 8.76. The number of nitrogens with zero attached hydrogens (tertiary/aromatic N) is 1. The number of hydrogen-bond acceptors (Lipinski definition) is 3. The Kier molecular flexibility index (Phi) is 3.94. The molecular formula is C13H18N4O. The molecule has 0 aliphatic heterocycles. The number of nitrogens with one attached hydrogen (secondary N) is 2. The van der Waals surface area contributed by atoms with Crippen LogP contribution in [0.15, 0.2) is 24.4 Å². The van der Waals surface area contributed by atoms with Crippen LogP contribution in [0.2, 0.25) is 0 Å². The van der Waals surface area contributed by atoms with E-state index in [1.807, 2.05) is 25.1 Å². The highest BCUT2D eigenvalue weighted by molar-refractivity contribution is 6.00. The fraction of sp³-hybridized carbons (Fsp3) is 0.385. The molecule has 0 spiro atoms. The van der Waals surface area contributed by atoms with Crippen molar-refractivity contribution >= 4 is 22.5 Å². The maximum absolute atomic E-state index is 12.1. The minimum Gasteiger partial charge on any atom is -0.330 e. The summed E-state index contributed by atoms with van der Waals surface area (Å²) in [6, 6.07) is 5.70. The third-order valence-electron chi connectivity index (χ3n) is 3.03. The Labute approximate surface area is 106 Å². The average molecular weight is 246 g/mol. The molecule has 0 fully saturated rings. The fourth-order valence-corrected chi connectivity index (χ4v) is 2.01. The molecule has 1 aromatic heterocycles. The van der Waals surface area contributed by atoms with Crippen molar-refractivity contribution in [3.63, 3.8) is 0 Å². The van der Waals surface area contributed by atoms with Crippen molar-refractivity contribution in [2.75, 3.05) is 11.9 Å². The molecular weight excluding hydrogens is 228 g/mol. The van der Waals surface area contributed by atoms with Gasteiger partial charge in [-0.2, -0.15) is 5.10 Å². The van der Waals surface area contributed by atoms with Crippen LogP contribution in [0.25, 0.3) is 10.9 Å². The van der Waals surface area contributed by atoms with Gasteiger partial charge in [0.05, 0.1) is 23.3 Å². The van der Waals surface area contributed by atoms with Crippen LogP contribution < -0.4 is 11.1 Å². The first kappa shape index (κ1) is 12.6. The minimum atomic E-state index is -0.131. The van der Waals surface area contributed by atoms with Gasteiger partial charge in [-0.25, -0.2) is 0 Å². The number of hydrogen-bond donors (Lipinski definition) is 3. The van der Waals surface area contributed by atoms with Gasteiger partial charge in [-0.3, -0.25) is 9.89 Å². The lowest BCUT2D eigenvalue weighted by Gasteiger charge is -2.14. The highest BCUT2D eigenvalue weighted by Crippen LogP contribution is 2.21. The van der Waals surface area contributed by atoms with Crippen LogP contribution in [0.5, 0.6) is 0 Å². The molecule has 1 aromatic carbocycles.